The average molecular weight is 431 g/mol. The number of nitrogens with one attached hydrogen (secondary N) is 1. The van der Waals surface area contributed by atoms with Crippen LogP contribution >= 0.6 is 0 Å². The van der Waals surface area contributed by atoms with Crippen molar-refractivity contribution in [1.29, 1.82) is 0 Å². The van der Waals surface area contributed by atoms with Gasteiger partial charge in [-0.25, -0.2) is 9.97 Å². The highest BCUT2D eigenvalue weighted by Gasteiger charge is 2.23. The Labute approximate surface area is 189 Å². The first-order valence-electron chi connectivity index (χ1n) is 11.1. The highest BCUT2D eigenvalue weighted by molar-refractivity contribution is 5.76. The van der Waals surface area contributed by atoms with E-state index in [0.29, 0.717) is 12.4 Å². The maximum atomic E-state index is 11.6. The van der Waals surface area contributed by atoms with Gasteiger partial charge in [-0.05, 0) is 56.5 Å². The summed E-state index contributed by atoms with van der Waals surface area (Å²) in [6.45, 7) is 7.26. The fourth-order valence-corrected chi connectivity index (χ4v) is 4.12. The summed E-state index contributed by atoms with van der Waals surface area (Å²) in [7, 11) is 0. The quantitative estimate of drug-likeness (QED) is 0.596. The second kappa shape index (κ2) is 9.87. The number of carbonyl (C=O) groups excluding carboxylic acids is 1. The van der Waals surface area contributed by atoms with Gasteiger partial charge in [-0.1, -0.05) is 30.3 Å². The van der Waals surface area contributed by atoms with Gasteiger partial charge in [0.1, 0.15) is 11.5 Å². The first kappa shape index (κ1) is 21.9. The third kappa shape index (κ3) is 5.29. The number of likely N-dealkylation sites (tertiary alicyclic amines) is 1. The molecule has 1 aromatic carbocycles. The molecule has 3 aromatic rings. The molecule has 2 aromatic heterocycles. The van der Waals surface area contributed by atoms with Crippen LogP contribution in [0, 0.1) is 19.8 Å². The second-order valence-corrected chi connectivity index (χ2v) is 8.47. The molecule has 0 radical (unpaired) electrons. The zero-order valence-electron chi connectivity index (χ0n) is 18.7. The molecule has 1 aliphatic heterocycles. The minimum absolute atomic E-state index is 0.0362. The monoisotopic (exact) mass is 430 g/mol. The number of nitrogens with two attached hydrogens (primary N) is 1. The fourth-order valence-electron chi connectivity index (χ4n) is 4.12. The highest BCUT2D eigenvalue weighted by atomic mass is 16.1. The molecule has 1 unspecified atom stereocenters. The molecule has 32 heavy (non-hydrogen) atoms. The highest BCUT2D eigenvalue weighted by Crippen LogP contribution is 2.22. The number of hydrogen-bond donors (Lipinski definition) is 2. The van der Waals surface area contributed by atoms with Crippen molar-refractivity contribution < 1.29 is 4.79 Å². The number of carbonyl (C=O) groups is 1. The number of pyridine rings is 1. The number of anilines is 1. The molecule has 0 spiro atoms. The first-order valence-corrected chi connectivity index (χ1v) is 11.1. The second-order valence-electron chi connectivity index (χ2n) is 8.47. The normalized spacial score (nSPS) is 16.6. The summed E-state index contributed by atoms with van der Waals surface area (Å²) in [5, 5.41) is 3.48. The zero-order chi connectivity index (χ0) is 22.5. The van der Waals surface area contributed by atoms with E-state index in [1.54, 1.807) is 6.20 Å². The van der Waals surface area contributed by atoms with Gasteiger partial charge >= 0.3 is 0 Å². The van der Waals surface area contributed by atoms with E-state index in [0.717, 1.165) is 55.2 Å². The number of rotatable bonds is 7. The summed E-state index contributed by atoms with van der Waals surface area (Å²) in [5.41, 5.74) is 10.7. The Bertz CT molecular complexity index is 1090. The van der Waals surface area contributed by atoms with Gasteiger partial charge in [-0.2, -0.15) is 0 Å². The Morgan fingerprint density at radius 1 is 1.16 bits per heavy atom. The average Bonchev–Trinajstić information content (AvgIpc) is 2.81. The minimum Gasteiger partial charge on any atom is -0.369 e. The molecule has 0 aliphatic carbocycles. The van der Waals surface area contributed by atoms with E-state index in [1.807, 2.05) is 32.0 Å². The van der Waals surface area contributed by atoms with E-state index in [1.165, 1.54) is 11.1 Å². The molecule has 4 rings (SSSR count). The van der Waals surface area contributed by atoms with Gasteiger partial charge in [0.2, 0.25) is 5.91 Å². The van der Waals surface area contributed by atoms with E-state index in [-0.39, 0.29) is 11.8 Å². The van der Waals surface area contributed by atoms with Crippen LogP contribution < -0.4 is 11.1 Å². The molecule has 0 saturated carbocycles. The summed E-state index contributed by atoms with van der Waals surface area (Å²) < 4.78 is 0. The van der Waals surface area contributed by atoms with E-state index >= 15 is 0 Å². The molecular weight excluding hydrogens is 400 g/mol. The predicted octanol–water partition coefficient (Wildman–Crippen LogP) is 3.46. The van der Waals surface area contributed by atoms with Gasteiger partial charge in [-0.15, -0.1) is 0 Å². The number of piperidine rings is 1. The first-order chi connectivity index (χ1) is 15.5. The lowest BCUT2D eigenvalue weighted by atomic mass is 9.97. The molecule has 166 valence electrons. The van der Waals surface area contributed by atoms with Crippen molar-refractivity contribution in [2.75, 3.05) is 18.4 Å². The van der Waals surface area contributed by atoms with Crippen LogP contribution in [0.3, 0.4) is 0 Å². The number of aromatic nitrogens is 3. The molecule has 1 fully saturated rings. The summed E-state index contributed by atoms with van der Waals surface area (Å²) in [6, 6.07) is 14.3. The molecule has 1 saturated heterocycles. The van der Waals surface area contributed by atoms with E-state index in [4.69, 9.17) is 10.7 Å². The lowest BCUT2D eigenvalue weighted by Crippen LogP contribution is -2.40. The standard InChI is InChI=1S/C25H30N6O/c1-17-18(2)29-25(22-10-3-4-11-27-22)30-24(17)28-14-19-7-5-8-20(13-19)15-31-12-6-9-21(16-31)23(26)32/h3-5,7-8,10-11,13,21H,6,9,12,14-16H2,1-2H3,(H2,26,32)(H,28,29,30). The molecule has 7 heteroatoms. The summed E-state index contributed by atoms with van der Waals surface area (Å²) in [4.78, 5) is 27.6. The van der Waals surface area contributed by atoms with E-state index in [9.17, 15) is 4.79 Å². The van der Waals surface area contributed by atoms with Crippen molar-refractivity contribution in [3.63, 3.8) is 0 Å². The smallest absolute Gasteiger partial charge is 0.221 e. The Morgan fingerprint density at radius 3 is 2.78 bits per heavy atom. The SMILES string of the molecule is Cc1nc(-c2ccccn2)nc(NCc2cccc(CN3CCCC(C(N)=O)C3)c2)c1C. The zero-order valence-corrected chi connectivity index (χ0v) is 18.7. The van der Waals surface area contributed by atoms with Crippen LogP contribution in [0.1, 0.15) is 35.2 Å². The minimum atomic E-state index is -0.187. The Kier molecular flexibility index (Phi) is 6.75. The van der Waals surface area contributed by atoms with Crippen molar-refractivity contribution in [3.05, 3.63) is 71.0 Å². The fraction of sp³-hybridized carbons (Fsp3) is 0.360. The van der Waals surface area contributed by atoms with Crippen molar-refractivity contribution in [2.24, 2.45) is 11.7 Å². The number of nitrogens with zero attached hydrogens (tertiary/aromatic N) is 4. The van der Waals surface area contributed by atoms with Crippen LogP contribution in [0.2, 0.25) is 0 Å². The van der Waals surface area contributed by atoms with Gasteiger partial charge in [-0.3, -0.25) is 14.7 Å². The molecule has 1 atom stereocenters. The number of hydrogen-bond acceptors (Lipinski definition) is 6. The van der Waals surface area contributed by atoms with Gasteiger partial charge in [0.15, 0.2) is 5.82 Å². The number of amides is 1. The molecule has 3 N–H and O–H groups in total. The molecule has 1 aliphatic rings. The van der Waals surface area contributed by atoms with Crippen LogP contribution in [-0.4, -0.2) is 38.8 Å². The van der Waals surface area contributed by atoms with E-state index in [2.05, 4.69) is 44.5 Å². The number of primary amides is 1. The number of aryl methyl sites for hydroxylation is 1. The maximum Gasteiger partial charge on any atom is 0.221 e. The molecule has 0 bridgehead atoms. The number of benzene rings is 1. The largest absolute Gasteiger partial charge is 0.369 e. The molecule has 3 heterocycles. The van der Waals surface area contributed by atoms with Crippen LogP contribution in [0.15, 0.2) is 48.7 Å². The van der Waals surface area contributed by atoms with Crippen molar-refractivity contribution in [3.8, 4) is 11.5 Å². The van der Waals surface area contributed by atoms with E-state index < -0.39 is 0 Å². The lowest BCUT2D eigenvalue weighted by Gasteiger charge is -2.31. The van der Waals surface area contributed by atoms with Crippen LogP contribution in [0.25, 0.3) is 11.5 Å². The third-order valence-corrected chi connectivity index (χ3v) is 6.05. The van der Waals surface area contributed by atoms with Crippen molar-refractivity contribution in [1.82, 2.24) is 19.9 Å². The predicted molar refractivity (Wildman–Crippen MR) is 126 cm³/mol. The lowest BCUT2D eigenvalue weighted by molar-refractivity contribution is -0.123. The van der Waals surface area contributed by atoms with Crippen LogP contribution in [-0.2, 0) is 17.9 Å². The maximum absolute atomic E-state index is 11.6. The van der Waals surface area contributed by atoms with Crippen LogP contribution in [0.5, 0.6) is 0 Å². The van der Waals surface area contributed by atoms with Gasteiger partial charge in [0, 0.05) is 37.1 Å². The molecule has 1 amide bonds. The van der Waals surface area contributed by atoms with Crippen LogP contribution in [0.4, 0.5) is 5.82 Å². The molecule has 7 nitrogen and oxygen atoms in total. The van der Waals surface area contributed by atoms with Gasteiger partial charge < -0.3 is 11.1 Å². The third-order valence-electron chi connectivity index (χ3n) is 6.05. The summed E-state index contributed by atoms with van der Waals surface area (Å²) >= 11 is 0. The Balaban J connectivity index is 1.44. The van der Waals surface area contributed by atoms with Gasteiger partial charge in [0.05, 0.1) is 5.92 Å². The van der Waals surface area contributed by atoms with Crippen molar-refractivity contribution >= 4 is 11.7 Å². The Morgan fingerprint density at radius 2 is 2.00 bits per heavy atom. The molecular formula is C25H30N6O. The topological polar surface area (TPSA) is 97.0 Å². The van der Waals surface area contributed by atoms with Gasteiger partial charge in [0.25, 0.3) is 0 Å². The Hall–Kier alpha value is -3.32. The summed E-state index contributed by atoms with van der Waals surface area (Å²) in [5.74, 6) is 1.22. The summed E-state index contributed by atoms with van der Waals surface area (Å²) in [6.07, 6.45) is 3.66. The van der Waals surface area contributed by atoms with Crippen molar-refractivity contribution in [2.45, 2.75) is 39.8 Å².